The number of unbranched alkanes of at least 4 members (excludes halogenated alkanes) is 1. The van der Waals surface area contributed by atoms with Gasteiger partial charge < -0.3 is 56.1 Å². The summed E-state index contributed by atoms with van der Waals surface area (Å²) in [6, 6.07) is 12.8. The van der Waals surface area contributed by atoms with E-state index in [-0.39, 0.29) is 55.6 Å². The van der Waals surface area contributed by atoms with Crippen molar-refractivity contribution in [1.29, 1.82) is 0 Å². The van der Waals surface area contributed by atoms with Crippen molar-refractivity contribution in [3.05, 3.63) is 65.7 Å². The maximum Gasteiger partial charge on any atom is 0.410 e. The third kappa shape index (κ3) is 17.3. The first-order valence-corrected chi connectivity index (χ1v) is 24.0. The van der Waals surface area contributed by atoms with Crippen LogP contribution in [0, 0.1) is 17.8 Å². The van der Waals surface area contributed by atoms with Gasteiger partial charge in [-0.15, -0.1) is 0 Å². The molecule has 19 nitrogen and oxygen atoms in total. The predicted octanol–water partition coefficient (Wildman–Crippen LogP) is 4.33. The Morgan fingerprint density at radius 3 is 2.13 bits per heavy atom. The lowest BCUT2D eigenvalue weighted by atomic mass is 9.90. The van der Waals surface area contributed by atoms with Crippen LogP contribution in [0.3, 0.4) is 0 Å². The number of benzene rings is 2. The molecule has 0 spiro atoms. The maximum absolute atomic E-state index is 14.2. The van der Waals surface area contributed by atoms with Crippen molar-refractivity contribution in [1.82, 2.24) is 30.7 Å². The molecule has 0 aromatic heterocycles. The van der Waals surface area contributed by atoms with Crippen LogP contribution in [-0.4, -0.2) is 146 Å². The van der Waals surface area contributed by atoms with Crippen LogP contribution in [0.2, 0.25) is 0 Å². The monoisotopic (exact) mass is 967 g/mol. The number of carbonyl (C=O) groups excluding carboxylic acids is 7. The van der Waals surface area contributed by atoms with E-state index in [1.807, 2.05) is 32.0 Å². The number of hydrogen-bond acceptors (Lipinski definition) is 11. The van der Waals surface area contributed by atoms with Gasteiger partial charge in [0.05, 0.1) is 55.3 Å². The molecular weight excluding hydrogens is 889 g/mol. The third-order valence-electron chi connectivity index (χ3n) is 13.0. The lowest BCUT2D eigenvalue weighted by molar-refractivity contribution is -0.146. The molecule has 2 aromatic carbocycles. The van der Waals surface area contributed by atoms with Gasteiger partial charge in [-0.3, -0.25) is 28.9 Å². The molecule has 1 heterocycles. The number of nitrogens with one attached hydrogen (secondary N) is 4. The van der Waals surface area contributed by atoms with Gasteiger partial charge in [-0.2, -0.15) is 0 Å². The fraction of sp³-hybridized carbons (Fsp3) is 0.620. The van der Waals surface area contributed by atoms with E-state index in [4.69, 9.17) is 19.9 Å². The average molecular weight is 967 g/mol. The number of likely N-dealkylation sites (tertiary alicyclic amines) is 1. The molecule has 1 unspecified atom stereocenters. The first kappa shape index (κ1) is 57.5. The quantitative estimate of drug-likeness (QED) is 0.0688. The second kappa shape index (κ2) is 28.6. The number of amides is 8. The Labute approximate surface area is 407 Å². The van der Waals surface area contributed by atoms with Gasteiger partial charge in [-0.25, -0.2) is 9.59 Å². The second-order valence-corrected chi connectivity index (χ2v) is 18.4. The smallest absolute Gasteiger partial charge is 0.410 e. The minimum atomic E-state index is -0.975. The SMILES string of the molecule is CC[C@H](C)[C@@H]([C@@H](CC(=O)N1CCC[C@H]1[C@H](OC)[C@@H](C)C(=O)N[C@H](C)[C@@H](O)c1ccccc1)OC)N(C)C(=O)CNC(=O)C(C(C)C)N(C)C(=O)OCc1ccc(NC(=O)CCCCNC(N)=O)cc1. The highest BCUT2D eigenvalue weighted by molar-refractivity contribution is 5.91. The van der Waals surface area contributed by atoms with Crippen molar-refractivity contribution in [2.75, 3.05) is 53.3 Å². The first-order chi connectivity index (χ1) is 32.7. The fourth-order valence-corrected chi connectivity index (χ4v) is 8.91. The van der Waals surface area contributed by atoms with Crippen LogP contribution in [-0.2, 0) is 44.8 Å². The van der Waals surface area contributed by atoms with E-state index >= 15 is 0 Å². The van der Waals surface area contributed by atoms with E-state index in [0.717, 1.165) is 0 Å². The summed E-state index contributed by atoms with van der Waals surface area (Å²) in [5, 5.41) is 21.8. The molecule has 7 N–H and O–H groups in total. The molecule has 1 aliphatic heterocycles. The zero-order valence-corrected chi connectivity index (χ0v) is 42.2. The summed E-state index contributed by atoms with van der Waals surface area (Å²) in [6.45, 7) is 11.4. The number of aliphatic hydroxyl groups excluding tert-OH is 1. The van der Waals surface area contributed by atoms with Crippen molar-refractivity contribution in [2.45, 2.75) is 136 Å². The molecule has 384 valence electrons. The summed E-state index contributed by atoms with van der Waals surface area (Å²) in [7, 11) is 6.10. The zero-order chi connectivity index (χ0) is 51.4. The van der Waals surface area contributed by atoms with Gasteiger partial charge in [0.15, 0.2) is 0 Å². The third-order valence-corrected chi connectivity index (χ3v) is 13.0. The Balaban J connectivity index is 1.59. The second-order valence-electron chi connectivity index (χ2n) is 18.4. The van der Waals surface area contributed by atoms with E-state index < -0.39 is 72.3 Å². The number of likely N-dealkylation sites (N-methyl/N-ethyl adjacent to an activating group) is 2. The lowest BCUT2D eigenvalue weighted by Crippen LogP contribution is -2.56. The van der Waals surface area contributed by atoms with Crippen molar-refractivity contribution in [3.63, 3.8) is 0 Å². The molecule has 2 aromatic rings. The highest BCUT2D eigenvalue weighted by atomic mass is 16.6. The van der Waals surface area contributed by atoms with Crippen LogP contribution in [0.1, 0.15) is 104 Å². The van der Waals surface area contributed by atoms with Crippen molar-refractivity contribution in [3.8, 4) is 0 Å². The molecular formula is C50H78N8O11. The van der Waals surface area contributed by atoms with E-state index in [0.29, 0.717) is 62.0 Å². The molecule has 19 heteroatoms. The van der Waals surface area contributed by atoms with Gasteiger partial charge in [-0.1, -0.05) is 83.5 Å². The van der Waals surface area contributed by atoms with Crippen molar-refractivity contribution < 1.29 is 52.9 Å². The number of methoxy groups -OCH3 is 2. The van der Waals surface area contributed by atoms with Crippen molar-refractivity contribution in [2.24, 2.45) is 23.5 Å². The first-order valence-electron chi connectivity index (χ1n) is 24.0. The number of hydrogen-bond donors (Lipinski definition) is 6. The van der Waals surface area contributed by atoms with E-state index in [9.17, 15) is 38.7 Å². The fourth-order valence-electron chi connectivity index (χ4n) is 8.91. The highest BCUT2D eigenvalue weighted by Crippen LogP contribution is 2.30. The Morgan fingerprint density at radius 2 is 1.54 bits per heavy atom. The molecule has 3 rings (SSSR count). The summed E-state index contributed by atoms with van der Waals surface area (Å²) >= 11 is 0. The molecule has 0 aliphatic carbocycles. The number of anilines is 1. The molecule has 0 radical (unpaired) electrons. The van der Waals surface area contributed by atoms with Crippen molar-refractivity contribution >= 4 is 47.3 Å². The molecule has 1 aliphatic rings. The van der Waals surface area contributed by atoms with Gasteiger partial charge >= 0.3 is 12.1 Å². The number of nitrogens with two attached hydrogens (primary N) is 1. The Kier molecular flexibility index (Phi) is 23.9. The van der Waals surface area contributed by atoms with E-state index in [2.05, 4.69) is 21.3 Å². The molecule has 0 bridgehead atoms. The van der Waals surface area contributed by atoms with Crippen LogP contribution in [0.5, 0.6) is 0 Å². The topological polar surface area (TPSA) is 251 Å². The normalized spacial score (nSPS) is 17.0. The number of nitrogens with zero attached hydrogens (tertiary/aromatic N) is 3. The minimum absolute atomic E-state index is 0.0492. The number of primary amides is 1. The Bertz CT molecular complexity index is 1970. The molecule has 69 heavy (non-hydrogen) atoms. The van der Waals surface area contributed by atoms with Crippen LogP contribution < -0.4 is 27.0 Å². The van der Waals surface area contributed by atoms with Gasteiger partial charge in [0, 0.05) is 53.5 Å². The van der Waals surface area contributed by atoms with Gasteiger partial charge in [0.2, 0.25) is 29.5 Å². The lowest BCUT2D eigenvalue weighted by Gasteiger charge is -2.39. The zero-order valence-electron chi connectivity index (χ0n) is 42.2. The molecule has 1 saturated heterocycles. The molecule has 8 amide bonds. The summed E-state index contributed by atoms with van der Waals surface area (Å²) in [5.41, 5.74) is 6.94. The summed E-state index contributed by atoms with van der Waals surface area (Å²) in [4.78, 5) is 96.0. The van der Waals surface area contributed by atoms with E-state index in [1.54, 1.807) is 76.0 Å². The molecule has 1 fully saturated rings. The standard InChI is InChI=1S/C50H78N8O11/c1-11-32(4)44(39(67-9)28-41(60)58-27-17-20-38(58)46(68-10)33(5)47(63)54-34(6)45(62)36-18-13-12-14-19-36)56(7)42(61)29-53-48(64)43(31(2)3)57(8)50(66)69-30-35-22-24-37(25-23-35)55-40(59)21-15-16-26-52-49(51)65/h12-14,18-19,22-25,31-34,38-39,43-46,62H,11,15-17,20-21,26-30H2,1-10H3,(H,53,64)(H,54,63)(H,55,59)(H3,51,52,65)/t32-,33+,34+,38-,39+,43?,44-,45+,46+/m0/s1. The predicted molar refractivity (Wildman–Crippen MR) is 261 cm³/mol. The van der Waals surface area contributed by atoms with Gasteiger partial charge in [0.1, 0.15) is 12.6 Å². The number of rotatable bonds is 27. The van der Waals surface area contributed by atoms with Crippen LogP contribution in [0.4, 0.5) is 15.3 Å². The average Bonchev–Trinajstić information content (AvgIpc) is 3.82. The number of aliphatic hydroxyl groups is 1. The minimum Gasteiger partial charge on any atom is -0.445 e. The summed E-state index contributed by atoms with van der Waals surface area (Å²) < 4.78 is 17.4. The molecule has 0 saturated carbocycles. The summed E-state index contributed by atoms with van der Waals surface area (Å²) in [5.74, 6) is -2.78. The largest absolute Gasteiger partial charge is 0.445 e. The maximum atomic E-state index is 14.2. The van der Waals surface area contributed by atoms with Crippen LogP contribution in [0.25, 0.3) is 0 Å². The molecule has 9 atom stereocenters. The van der Waals surface area contributed by atoms with Gasteiger partial charge in [-0.05, 0) is 67.7 Å². The number of urea groups is 1. The number of ether oxygens (including phenoxy) is 3. The van der Waals surface area contributed by atoms with Crippen LogP contribution >= 0.6 is 0 Å². The van der Waals surface area contributed by atoms with Gasteiger partial charge in [0.25, 0.3) is 0 Å². The summed E-state index contributed by atoms with van der Waals surface area (Å²) in [6.07, 6.45) is 0.386. The Morgan fingerprint density at radius 1 is 0.870 bits per heavy atom. The van der Waals surface area contributed by atoms with E-state index in [1.165, 1.54) is 31.1 Å². The van der Waals surface area contributed by atoms with Crippen LogP contribution in [0.15, 0.2) is 54.6 Å². The number of carbonyl (C=O) groups is 7. The Hall–Kier alpha value is -5.79. The highest BCUT2D eigenvalue weighted by Gasteiger charge is 2.42.